The highest BCUT2D eigenvalue weighted by molar-refractivity contribution is 6.71. The van der Waals surface area contributed by atoms with Crippen LogP contribution in [0.3, 0.4) is 0 Å². The molecule has 0 fully saturated rings. The second-order valence-electron chi connectivity index (χ2n) is 6.08. The van der Waals surface area contributed by atoms with Gasteiger partial charge in [-0.05, 0) is 38.8 Å². The lowest BCUT2D eigenvalue weighted by molar-refractivity contribution is -0.142. The van der Waals surface area contributed by atoms with Crippen molar-refractivity contribution >= 4 is 35.0 Å². The topological polar surface area (TPSA) is 116 Å². The van der Waals surface area contributed by atoms with Gasteiger partial charge in [0, 0.05) is 26.3 Å². The monoisotopic (exact) mass is 389 g/mol. The van der Waals surface area contributed by atoms with Crippen molar-refractivity contribution < 1.29 is 28.9 Å². The zero-order valence-corrected chi connectivity index (χ0v) is 16.9. The maximum Gasteiger partial charge on any atom is 0.332 e. The quantitative estimate of drug-likeness (QED) is 0.420. The molecule has 0 saturated heterocycles. The SMILES string of the molecule is CC(=O)O\N=C(C(=N/OC(C)=O)/C(C)=N/OC(C)=O)\c1c(C)cc(C)cc1C. The van der Waals surface area contributed by atoms with Crippen LogP contribution in [0.25, 0.3) is 0 Å². The molecule has 0 aliphatic rings. The number of carbonyl (C=O) groups excluding carboxylic acids is 3. The Hall–Kier alpha value is -3.36. The van der Waals surface area contributed by atoms with Crippen molar-refractivity contribution in [3.05, 3.63) is 34.4 Å². The van der Waals surface area contributed by atoms with E-state index in [0.29, 0.717) is 5.56 Å². The molecular formula is C19H23N3O6. The summed E-state index contributed by atoms with van der Waals surface area (Å²) < 4.78 is 0. The number of benzene rings is 1. The first-order chi connectivity index (χ1) is 13.0. The summed E-state index contributed by atoms with van der Waals surface area (Å²) in [5, 5.41) is 11.4. The number of aryl methyl sites for hydroxylation is 3. The number of hydrogen-bond acceptors (Lipinski definition) is 9. The molecule has 1 rings (SSSR count). The maximum absolute atomic E-state index is 11.3. The van der Waals surface area contributed by atoms with Gasteiger partial charge in [0.15, 0.2) is 5.71 Å². The Bertz CT molecular complexity index is 861. The molecule has 0 aliphatic heterocycles. The van der Waals surface area contributed by atoms with Crippen LogP contribution in [0.5, 0.6) is 0 Å². The minimum Gasteiger partial charge on any atom is -0.318 e. The van der Waals surface area contributed by atoms with Crippen LogP contribution < -0.4 is 0 Å². The van der Waals surface area contributed by atoms with Crippen LogP contribution in [0.2, 0.25) is 0 Å². The molecular weight excluding hydrogens is 366 g/mol. The first-order valence-corrected chi connectivity index (χ1v) is 8.35. The minimum atomic E-state index is -0.679. The molecule has 0 aliphatic carbocycles. The number of rotatable bonds is 6. The fraction of sp³-hybridized carbons (Fsp3) is 0.368. The molecule has 0 unspecified atom stereocenters. The lowest BCUT2D eigenvalue weighted by atomic mass is 9.93. The summed E-state index contributed by atoms with van der Waals surface area (Å²) in [6, 6.07) is 3.82. The molecule has 150 valence electrons. The van der Waals surface area contributed by atoms with Gasteiger partial charge < -0.3 is 14.5 Å². The lowest BCUT2D eigenvalue weighted by Crippen LogP contribution is -2.27. The van der Waals surface area contributed by atoms with E-state index in [1.54, 1.807) is 0 Å². The molecule has 0 aromatic heterocycles. The van der Waals surface area contributed by atoms with Crippen molar-refractivity contribution in [3.63, 3.8) is 0 Å². The zero-order valence-electron chi connectivity index (χ0n) is 16.9. The first kappa shape index (κ1) is 22.7. The van der Waals surface area contributed by atoms with Crippen molar-refractivity contribution in [3.8, 4) is 0 Å². The Balaban J connectivity index is 3.70. The van der Waals surface area contributed by atoms with E-state index in [0.717, 1.165) is 16.7 Å². The van der Waals surface area contributed by atoms with Crippen LogP contribution in [0, 0.1) is 20.8 Å². The Labute approximate surface area is 163 Å². The third-order valence-electron chi connectivity index (χ3n) is 3.32. The van der Waals surface area contributed by atoms with Gasteiger partial charge >= 0.3 is 17.9 Å². The van der Waals surface area contributed by atoms with Gasteiger partial charge in [0.25, 0.3) is 0 Å². The number of carbonyl (C=O) groups is 3. The van der Waals surface area contributed by atoms with E-state index >= 15 is 0 Å². The molecule has 0 spiro atoms. The standard InChI is InChI=1S/C19H23N3O6/c1-10-8-11(2)17(12(3)9-10)19(22-28-16(7)25)18(21-27-15(6)24)13(4)20-26-14(5)23/h8-9H,1-7H3/b20-13+,21-18+,22-19-. The normalized spacial score (nSPS) is 12.5. The molecule has 0 atom stereocenters. The maximum atomic E-state index is 11.3. The summed E-state index contributed by atoms with van der Waals surface area (Å²) in [5.74, 6) is -1.98. The second kappa shape index (κ2) is 10.1. The summed E-state index contributed by atoms with van der Waals surface area (Å²) in [4.78, 5) is 47.9. The van der Waals surface area contributed by atoms with Crippen LogP contribution in [-0.4, -0.2) is 35.0 Å². The largest absolute Gasteiger partial charge is 0.332 e. The average Bonchev–Trinajstić information content (AvgIpc) is 2.55. The summed E-state index contributed by atoms with van der Waals surface area (Å²) in [6.07, 6.45) is 0. The molecule has 9 heteroatoms. The summed E-state index contributed by atoms with van der Waals surface area (Å²) in [7, 11) is 0. The van der Waals surface area contributed by atoms with E-state index in [2.05, 4.69) is 20.3 Å². The van der Waals surface area contributed by atoms with Crippen LogP contribution in [0.4, 0.5) is 0 Å². The fourth-order valence-electron chi connectivity index (χ4n) is 2.44. The molecule has 0 saturated carbocycles. The van der Waals surface area contributed by atoms with E-state index < -0.39 is 17.9 Å². The molecule has 0 bridgehead atoms. The summed E-state index contributed by atoms with van der Waals surface area (Å²) in [5.41, 5.74) is 3.41. The molecule has 0 amide bonds. The fourth-order valence-corrected chi connectivity index (χ4v) is 2.44. The number of nitrogens with zero attached hydrogens (tertiary/aromatic N) is 3. The summed E-state index contributed by atoms with van der Waals surface area (Å²) >= 11 is 0. The van der Waals surface area contributed by atoms with Gasteiger partial charge in [-0.15, -0.1) is 0 Å². The molecule has 0 N–H and O–H groups in total. The van der Waals surface area contributed by atoms with Crippen LogP contribution in [-0.2, 0) is 28.9 Å². The van der Waals surface area contributed by atoms with Crippen LogP contribution >= 0.6 is 0 Å². The first-order valence-electron chi connectivity index (χ1n) is 8.35. The van der Waals surface area contributed by atoms with E-state index in [9.17, 15) is 14.4 Å². The van der Waals surface area contributed by atoms with Crippen molar-refractivity contribution in [2.75, 3.05) is 0 Å². The predicted molar refractivity (Wildman–Crippen MR) is 103 cm³/mol. The Morgan fingerprint density at radius 3 is 1.61 bits per heavy atom. The number of oxime groups is 3. The highest BCUT2D eigenvalue weighted by Gasteiger charge is 2.23. The molecule has 1 aromatic carbocycles. The van der Waals surface area contributed by atoms with Crippen molar-refractivity contribution in [2.45, 2.75) is 48.5 Å². The van der Waals surface area contributed by atoms with Gasteiger partial charge in [0.05, 0.1) is 0 Å². The van der Waals surface area contributed by atoms with Crippen molar-refractivity contribution in [1.29, 1.82) is 0 Å². The van der Waals surface area contributed by atoms with E-state index in [-0.39, 0.29) is 17.1 Å². The molecule has 0 heterocycles. The van der Waals surface area contributed by atoms with Crippen molar-refractivity contribution in [2.24, 2.45) is 15.5 Å². The Kier molecular flexibility index (Phi) is 8.18. The summed E-state index contributed by atoms with van der Waals surface area (Å²) in [6.45, 7) is 10.7. The third kappa shape index (κ3) is 6.75. The minimum absolute atomic E-state index is 0.0345. The van der Waals surface area contributed by atoms with Crippen LogP contribution in [0.15, 0.2) is 27.6 Å². The Morgan fingerprint density at radius 1 is 0.714 bits per heavy atom. The van der Waals surface area contributed by atoms with Crippen molar-refractivity contribution in [1.82, 2.24) is 0 Å². The third-order valence-corrected chi connectivity index (χ3v) is 3.32. The van der Waals surface area contributed by atoms with Crippen LogP contribution in [0.1, 0.15) is 49.9 Å². The van der Waals surface area contributed by atoms with Gasteiger partial charge in [0.2, 0.25) is 0 Å². The molecule has 28 heavy (non-hydrogen) atoms. The van der Waals surface area contributed by atoms with Gasteiger partial charge in [-0.3, -0.25) is 0 Å². The number of hydrogen-bond donors (Lipinski definition) is 0. The highest BCUT2D eigenvalue weighted by atomic mass is 16.7. The van der Waals surface area contributed by atoms with E-state index in [1.807, 2.05) is 32.9 Å². The lowest BCUT2D eigenvalue weighted by Gasteiger charge is -2.14. The molecule has 1 aromatic rings. The van der Waals surface area contributed by atoms with Gasteiger partial charge in [0.1, 0.15) is 11.4 Å². The molecule has 9 nitrogen and oxygen atoms in total. The second-order valence-corrected chi connectivity index (χ2v) is 6.08. The predicted octanol–water partition coefficient (Wildman–Crippen LogP) is 2.74. The zero-order chi connectivity index (χ0) is 21.4. The molecule has 0 radical (unpaired) electrons. The van der Waals surface area contributed by atoms with Gasteiger partial charge in [-0.25, -0.2) is 14.4 Å². The highest BCUT2D eigenvalue weighted by Crippen LogP contribution is 2.19. The van der Waals surface area contributed by atoms with Gasteiger partial charge in [-0.1, -0.05) is 33.2 Å². The Morgan fingerprint density at radius 2 is 1.14 bits per heavy atom. The van der Waals surface area contributed by atoms with E-state index in [4.69, 9.17) is 9.68 Å². The van der Waals surface area contributed by atoms with Gasteiger partial charge in [-0.2, -0.15) is 0 Å². The van der Waals surface area contributed by atoms with E-state index in [1.165, 1.54) is 27.7 Å². The average molecular weight is 389 g/mol. The smallest absolute Gasteiger partial charge is 0.318 e.